The summed E-state index contributed by atoms with van der Waals surface area (Å²) in [5.41, 5.74) is 1.05. The number of hydrogen-bond acceptors (Lipinski definition) is 3. The van der Waals surface area contributed by atoms with Crippen molar-refractivity contribution in [3.8, 4) is 11.6 Å². The number of ether oxygens (including phenoxy) is 1. The van der Waals surface area contributed by atoms with Crippen molar-refractivity contribution < 1.29 is 4.74 Å². The molecular weight excluding hydrogens is 260 g/mol. The molecule has 3 heteroatoms. The number of nitrogens with zero attached hydrogens (tertiary/aromatic N) is 1. The smallest absolute Gasteiger partial charge is 0.224 e. The minimum atomic E-state index is 0.184. The lowest BCUT2D eigenvalue weighted by molar-refractivity contribution is 0.451. The summed E-state index contributed by atoms with van der Waals surface area (Å²) in [7, 11) is 1.93. The minimum Gasteiger partial charge on any atom is -0.438 e. The molecule has 0 saturated heterocycles. The number of hydrogen-bond donors (Lipinski definition) is 1. The van der Waals surface area contributed by atoms with E-state index in [0.717, 1.165) is 22.1 Å². The van der Waals surface area contributed by atoms with E-state index in [1.165, 1.54) is 0 Å². The Morgan fingerprint density at radius 1 is 1.00 bits per heavy atom. The molecule has 1 aromatic heterocycles. The largest absolute Gasteiger partial charge is 0.438 e. The summed E-state index contributed by atoms with van der Waals surface area (Å²) in [4.78, 5) is 4.39. The summed E-state index contributed by atoms with van der Waals surface area (Å²) in [6.45, 7) is 2.09. The summed E-state index contributed by atoms with van der Waals surface area (Å²) < 4.78 is 6.09. The van der Waals surface area contributed by atoms with Gasteiger partial charge < -0.3 is 10.1 Å². The molecule has 106 valence electrons. The highest BCUT2D eigenvalue weighted by Crippen LogP contribution is 2.32. The first-order chi connectivity index (χ1) is 10.3. The van der Waals surface area contributed by atoms with Crippen LogP contribution < -0.4 is 10.1 Å². The van der Waals surface area contributed by atoms with E-state index >= 15 is 0 Å². The van der Waals surface area contributed by atoms with Crippen LogP contribution in [-0.2, 0) is 0 Å². The van der Waals surface area contributed by atoms with E-state index in [-0.39, 0.29) is 6.04 Å². The highest BCUT2D eigenvalue weighted by molar-refractivity contribution is 5.88. The van der Waals surface area contributed by atoms with Crippen LogP contribution in [0.1, 0.15) is 18.5 Å². The minimum absolute atomic E-state index is 0.184. The second-order valence-electron chi connectivity index (χ2n) is 4.99. The van der Waals surface area contributed by atoms with Crippen LogP contribution >= 0.6 is 0 Å². The molecule has 0 bridgehead atoms. The summed E-state index contributed by atoms with van der Waals surface area (Å²) >= 11 is 0. The van der Waals surface area contributed by atoms with E-state index in [9.17, 15) is 0 Å². The zero-order valence-corrected chi connectivity index (χ0v) is 12.2. The first kappa shape index (κ1) is 13.6. The van der Waals surface area contributed by atoms with Gasteiger partial charge in [0, 0.05) is 23.2 Å². The number of fused-ring (bicyclic) bond motifs is 1. The van der Waals surface area contributed by atoms with Gasteiger partial charge in [-0.3, -0.25) is 0 Å². The Hall–Kier alpha value is -2.39. The highest BCUT2D eigenvalue weighted by atomic mass is 16.5. The molecular formula is C18H18N2O. The van der Waals surface area contributed by atoms with Gasteiger partial charge in [0.25, 0.3) is 0 Å². The van der Waals surface area contributed by atoms with Crippen molar-refractivity contribution >= 4 is 10.8 Å². The molecule has 0 radical (unpaired) electrons. The van der Waals surface area contributed by atoms with Gasteiger partial charge in [0.2, 0.25) is 5.88 Å². The Labute approximate surface area is 124 Å². The fourth-order valence-corrected chi connectivity index (χ4v) is 2.36. The van der Waals surface area contributed by atoms with E-state index < -0.39 is 0 Å². The summed E-state index contributed by atoms with van der Waals surface area (Å²) in [5.74, 6) is 1.48. The van der Waals surface area contributed by atoms with Crippen LogP contribution in [0, 0.1) is 0 Å². The zero-order valence-electron chi connectivity index (χ0n) is 12.2. The van der Waals surface area contributed by atoms with E-state index in [0.29, 0.717) is 5.88 Å². The van der Waals surface area contributed by atoms with E-state index in [4.69, 9.17) is 4.74 Å². The van der Waals surface area contributed by atoms with Crippen LogP contribution in [0.5, 0.6) is 11.6 Å². The molecule has 3 nitrogen and oxygen atoms in total. The second-order valence-corrected chi connectivity index (χ2v) is 4.99. The Kier molecular flexibility index (Phi) is 3.84. The van der Waals surface area contributed by atoms with Gasteiger partial charge in [0.1, 0.15) is 5.75 Å². The highest BCUT2D eigenvalue weighted by Gasteiger charge is 2.12. The lowest BCUT2D eigenvalue weighted by Gasteiger charge is -2.15. The molecule has 0 saturated carbocycles. The van der Waals surface area contributed by atoms with Crippen molar-refractivity contribution in [1.29, 1.82) is 0 Å². The molecule has 1 unspecified atom stereocenters. The van der Waals surface area contributed by atoms with Crippen LogP contribution in [0.25, 0.3) is 10.8 Å². The first-order valence-electron chi connectivity index (χ1n) is 7.07. The van der Waals surface area contributed by atoms with Crippen molar-refractivity contribution in [1.82, 2.24) is 10.3 Å². The van der Waals surface area contributed by atoms with Gasteiger partial charge in [-0.15, -0.1) is 0 Å². The van der Waals surface area contributed by atoms with E-state index in [1.807, 2.05) is 43.4 Å². The van der Waals surface area contributed by atoms with Gasteiger partial charge in [0.15, 0.2) is 0 Å². The quantitative estimate of drug-likeness (QED) is 0.772. The number of nitrogens with one attached hydrogen (secondary N) is 1. The number of pyridine rings is 1. The van der Waals surface area contributed by atoms with Crippen LogP contribution in [0.4, 0.5) is 0 Å². The molecule has 21 heavy (non-hydrogen) atoms. The molecule has 1 heterocycles. The molecule has 1 atom stereocenters. The van der Waals surface area contributed by atoms with E-state index in [2.05, 4.69) is 35.4 Å². The van der Waals surface area contributed by atoms with Gasteiger partial charge in [-0.1, -0.05) is 42.5 Å². The van der Waals surface area contributed by atoms with Crippen LogP contribution in [0.3, 0.4) is 0 Å². The van der Waals surface area contributed by atoms with Crippen molar-refractivity contribution in [2.24, 2.45) is 0 Å². The molecule has 3 rings (SSSR count). The predicted molar refractivity (Wildman–Crippen MR) is 85.7 cm³/mol. The fourth-order valence-electron chi connectivity index (χ4n) is 2.36. The topological polar surface area (TPSA) is 34.2 Å². The summed E-state index contributed by atoms with van der Waals surface area (Å²) in [5, 5.41) is 5.48. The summed E-state index contributed by atoms with van der Waals surface area (Å²) in [6, 6.07) is 18.4. The second kappa shape index (κ2) is 5.94. The molecule has 0 amide bonds. The maximum atomic E-state index is 6.09. The average molecular weight is 278 g/mol. The standard InChI is InChI=1S/C18H18N2O/c1-13(19-2)15-10-6-12-20-18(15)21-17-11-5-8-14-7-3-4-9-16(14)17/h3-13,19H,1-2H3. The number of aromatic nitrogens is 1. The number of benzene rings is 2. The third-order valence-corrected chi connectivity index (χ3v) is 3.66. The van der Waals surface area contributed by atoms with Crippen molar-refractivity contribution in [3.05, 3.63) is 66.4 Å². The van der Waals surface area contributed by atoms with Gasteiger partial charge in [-0.05, 0) is 31.5 Å². The van der Waals surface area contributed by atoms with Crippen molar-refractivity contribution in [2.75, 3.05) is 7.05 Å². The first-order valence-corrected chi connectivity index (χ1v) is 7.07. The lowest BCUT2D eigenvalue weighted by atomic mass is 10.1. The third kappa shape index (κ3) is 2.73. The Balaban J connectivity index is 2.03. The molecule has 2 aromatic carbocycles. The Morgan fingerprint density at radius 3 is 2.67 bits per heavy atom. The summed E-state index contributed by atoms with van der Waals surface area (Å²) in [6.07, 6.45) is 1.76. The van der Waals surface area contributed by atoms with Gasteiger partial charge in [0.05, 0.1) is 0 Å². The average Bonchev–Trinajstić information content (AvgIpc) is 2.55. The normalized spacial score (nSPS) is 12.3. The predicted octanol–water partition coefficient (Wildman–Crippen LogP) is 4.31. The maximum Gasteiger partial charge on any atom is 0.224 e. The van der Waals surface area contributed by atoms with Crippen LogP contribution in [0.2, 0.25) is 0 Å². The molecule has 3 aromatic rings. The maximum absolute atomic E-state index is 6.09. The van der Waals surface area contributed by atoms with Crippen LogP contribution in [-0.4, -0.2) is 12.0 Å². The molecule has 1 N–H and O–H groups in total. The van der Waals surface area contributed by atoms with Crippen molar-refractivity contribution in [3.63, 3.8) is 0 Å². The lowest BCUT2D eigenvalue weighted by Crippen LogP contribution is -2.13. The van der Waals surface area contributed by atoms with Gasteiger partial charge in [-0.2, -0.15) is 0 Å². The number of rotatable bonds is 4. The Morgan fingerprint density at radius 2 is 1.81 bits per heavy atom. The SMILES string of the molecule is CNC(C)c1cccnc1Oc1cccc2ccccc12. The molecule has 0 aliphatic rings. The molecule has 0 aliphatic heterocycles. The molecule has 0 spiro atoms. The van der Waals surface area contributed by atoms with Gasteiger partial charge >= 0.3 is 0 Å². The fraction of sp³-hybridized carbons (Fsp3) is 0.167. The van der Waals surface area contributed by atoms with Crippen LogP contribution in [0.15, 0.2) is 60.8 Å². The molecule has 0 aliphatic carbocycles. The van der Waals surface area contributed by atoms with E-state index in [1.54, 1.807) is 6.20 Å². The van der Waals surface area contributed by atoms with Crippen molar-refractivity contribution in [2.45, 2.75) is 13.0 Å². The monoisotopic (exact) mass is 278 g/mol. The zero-order chi connectivity index (χ0) is 14.7. The molecule has 0 fully saturated rings. The van der Waals surface area contributed by atoms with Gasteiger partial charge in [-0.25, -0.2) is 4.98 Å². The Bertz CT molecular complexity index is 750. The third-order valence-electron chi connectivity index (χ3n) is 3.66.